The van der Waals surface area contributed by atoms with Gasteiger partial charge in [0.2, 0.25) is 0 Å². The molecule has 0 aromatic carbocycles. The van der Waals surface area contributed by atoms with Crippen LogP contribution in [0.2, 0.25) is 0 Å². The third kappa shape index (κ3) is 2.44. The van der Waals surface area contributed by atoms with Crippen LogP contribution < -0.4 is 5.32 Å². The first kappa shape index (κ1) is 12.8. The molecule has 102 valence electrons. The van der Waals surface area contributed by atoms with Crippen LogP contribution in [0.3, 0.4) is 0 Å². The number of aryl methyl sites for hydroxylation is 1. The molecule has 1 N–H and O–H groups in total. The van der Waals surface area contributed by atoms with Gasteiger partial charge in [-0.25, -0.2) is 9.97 Å². The van der Waals surface area contributed by atoms with E-state index in [2.05, 4.69) is 30.2 Å². The van der Waals surface area contributed by atoms with Gasteiger partial charge in [0.25, 0.3) is 0 Å². The van der Waals surface area contributed by atoms with Gasteiger partial charge < -0.3 is 10.1 Å². The average molecular weight is 277 g/mol. The highest BCUT2D eigenvalue weighted by Crippen LogP contribution is 2.33. The summed E-state index contributed by atoms with van der Waals surface area (Å²) >= 11 is 1.76. The number of anilines is 1. The van der Waals surface area contributed by atoms with E-state index in [0.717, 1.165) is 54.3 Å². The molecule has 1 aliphatic rings. The van der Waals surface area contributed by atoms with Gasteiger partial charge in [0.1, 0.15) is 16.8 Å². The summed E-state index contributed by atoms with van der Waals surface area (Å²) in [5.74, 6) is 1.79. The fraction of sp³-hybridized carbons (Fsp3) is 0.571. The van der Waals surface area contributed by atoms with Gasteiger partial charge in [0.05, 0.1) is 5.39 Å². The molecule has 1 fully saturated rings. The lowest BCUT2D eigenvalue weighted by atomic mass is 10.2. The molecule has 1 atom stereocenters. The molecule has 19 heavy (non-hydrogen) atoms. The van der Waals surface area contributed by atoms with Gasteiger partial charge in [-0.2, -0.15) is 0 Å². The summed E-state index contributed by atoms with van der Waals surface area (Å²) in [6.45, 7) is 5.96. The van der Waals surface area contributed by atoms with Crippen molar-refractivity contribution in [2.75, 3.05) is 18.5 Å². The van der Waals surface area contributed by atoms with E-state index in [4.69, 9.17) is 9.72 Å². The molecule has 1 aliphatic heterocycles. The lowest BCUT2D eigenvalue weighted by molar-refractivity contribution is 0.105. The van der Waals surface area contributed by atoms with Gasteiger partial charge in [-0.3, -0.25) is 0 Å². The Hall–Kier alpha value is -1.20. The molecule has 2 aromatic rings. The van der Waals surface area contributed by atoms with Gasteiger partial charge in [-0.1, -0.05) is 6.92 Å². The molecule has 0 amide bonds. The van der Waals surface area contributed by atoms with Crippen LogP contribution in [-0.2, 0) is 11.2 Å². The Balaban J connectivity index is 2.08. The Labute approximate surface area is 117 Å². The SMILES string of the molecule is CCNc1nc(C2CCCO2)nc2sc(CC)cc12. The van der Waals surface area contributed by atoms with Crippen molar-refractivity contribution in [3.63, 3.8) is 0 Å². The molecule has 3 rings (SSSR count). The first-order chi connectivity index (χ1) is 9.31. The summed E-state index contributed by atoms with van der Waals surface area (Å²) in [5.41, 5.74) is 0. The molecular weight excluding hydrogens is 258 g/mol. The van der Waals surface area contributed by atoms with Gasteiger partial charge in [-0.05, 0) is 32.3 Å². The highest BCUT2D eigenvalue weighted by molar-refractivity contribution is 7.18. The van der Waals surface area contributed by atoms with Crippen molar-refractivity contribution >= 4 is 27.4 Å². The van der Waals surface area contributed by atoms with Crippen LogP contribution in [0.15, 0.2) is 6.07 Å². The van der Waals surface area contributed by atoms with Gasteiger partial charge in [0.15, 0.2) is 5.82 Å². The van der Waals surface area contributed by atoms with E-state index in [9.17, 15) is 0 Å². The summed E-state index contributed by atoms with van der Waals surface area (Å²) < 4.78 is 5.71. The van der Waals surface area contributed by atoms with Crippen LogP contribution >= 0.6 is 11.3 Å². The van der Waals surface area contributed by atoms with E-state index in [0.29, 0.717) is 0 Å². The highest BCUT2D eigenvalue weighted by Gasteiger charge is 2.22. The van der Waals surface area contributed by atoms with E-state index in [1.165, 1.54) is 4.88 Å². The summed E-state index contributed by atoms with van der Waals surface area (Å²) in [6.07, 6.45) is 3.26. The molecule has 3 heterocycles. The minimum absolute atomic E-state index is 0.0778. The molecule has 1 unspecified atom stereocenters. The van der Waals surface area contributed by atoms with Crippen LogP contribution in [0.1, 0.15) is 43.5 Å². The Morgan fingerprint density at radius 2 is 2.32 bits per heavy atom. The number of hydrogen-bond donors (Lipinski definition) is 1. The summed E-state index contributed by atoms with van der Waals surface area (Å²) in [4.78, 5) is 11.8. The van der Waals surface area contributed by atoms with Crippen LogP contribution in [-0.4, -0.2) is 23.1 Å². The van der Waals surface area contributed by atoms with Gasteiger partial charge in [0, 0.05) is 18.0 Å². The number of aromatic nitrogens is 2. The standard InChI is InChI=1S/C14H19N3OS/c1-3-9-8-10-12(15-4-2)16-13(17-14(10)19-9)11-6-5-7-18-11/h8,11H,3-7H2,1-2H3,(H,15,16,17). The highest BCUT2D eigenvalue weighted by atomic mass is 32.1. The maximum Gasteiger partial charge on any atom is 0.161 e. The number of nitrogens with one attached hydrogen (secondary N) is 1. The fourth-order valence-electron chi connectivity index (χ4n) is 2.39. The second-order valence-corrected chi connectivity index (χ2v) is 5.86. The topological polar surface area (TPSA) is 47.0 Å². The maximum atomic E-state index is 5.71. The van der Waals surface area contributed by atoms with Crippen LogP contribution in [0.5, 0.6) is 0 Å². The van der Waals surface area contributed by atoms with Crippen molar-refractivity contribution in [3.8, 4) is 0 Å². The molecular formula is C14H19N3OS. The smallest absolute Gasteiger partial charge is 0.161 e. The largest absolute Gasteiger partial charge is 0.370 e. The maximum absolute atomic E-state index is 5.71. The number of ether oxygens (including phenoxy) is 1. The van der Waals surface area contributed by atoms with Crippen LogP contribution in [0.4, 0.5) is 5.82 Å². The third-order valence-corrected chi connectivity index (χ3v) is 4.54. The number of rotatable bonds is 4. The molecule has 0 aliphatic carbocycles. The second kappa shape index (κ2) is 5.43. The Bertz CT molecular complexity index is 575. The Kier molecular flexibility index (Phi) is 3.66. The van der Waals surface area contributed by atoms with E-state index in [1.807, 2.05) is 0 Å². The van der Waals surface area contributed by atoms with Gasteiger partial charge >= 0.3 is 0 Å². The zero-order chi connectivity index (χ0) is 13.2. The third-order valence-electron chi connectivity index (χ3n) is 3.37. The van der Waals surface area contributed by atoms with Crippen LogP contribution in [0, 0.1) is 0 Å². The monoisotopic (exact) mass is 277 g/mol. The molecule has 0 radical (unpaired) electrons. The first-order valence-corrected chi connectivity index (χ1v) is 7.79. The normalized spacial score (nSPS) is 19.2. The molecule has 0 bridgehead atoms. The number of nitrogens with zero attached hydrogens (tertiary/aromatic N) is 2. The number of fused-ring (bicyclic) bond motifs is 1. The summed E-state index contributed by atoms with van der Waals surface area (Å²) in [7, 11) is 0. The van der Waals surface area contributed by atoms with E-state index < -0.39 is 0 Å². The van der Waals surface area contributed by atoms with Crippen molar-refractivity contribution in [1.82, 2.24) is 9.97 Å². The lowest BCUT2D eigenvalue weighted by Crippen LogP contribution is -2.07. The predicted octanol–water partition coefficient (Wildman–Crippen LogP) is 3.54. The van der Waals surface area contributed by atoms with E-state index >= 15 is 0 Å². The van der Waals surface area contributed by atoms with Crippen molar-refractivity contribution < 1.29 is 4.74 Å². The van der Waals surface area contributed by atoms with Gasteiger partial charge in [-0.15, -0.1) is 11.3 Å². The molecule has 2 aromatic heterocycles. The fourth-order valence-corrected chi connectivity index (χ4v) is 3.36. The molecule has 1 saturated heterocycles. The van der Waals surface area contributed by atoms with Crippen molar-refractivity contribution in [3.05, 3.63) is 16.8 Å². The zero-order valence-corrected chi connectivity index (χ0v) is 12.2. The molecule has 4 nitrogen and oxygen atoms in total. The molecule has 5 heteroatoms. The number of thiophene rings is 1. The lowest BCUT2D eigenvalue weighted by Gasteiger charge is -2.11. The zero-order valence-electron chi connectivity index (χ0n) is 11.4. The van der Waals surface area contributed by atoms with E-state index in [1.54, 1.807) is 11.3 Å². The average Bonchev–Trinajstić information content (AvgIpc) is 3.07. The first-order valence-electron chi connectivity index (χ1n) is 6.97. The van der Waals surface area contributed by atoms with Crippen molar-refractivity contribution in [2.45, 2.75) is 39.2 Å². The Morgan fingerprint density at radius 3 is 3.00 bits per heavy atom. The minimum Gasteiger partial charge on any atom is -0.370 e. The molecule has 0 saturated carbocycles. The minimum atomic E-state index is 0.0778. The predicted molar refractivity (Wildman–Crippen MR) is 78.9 cm³/mol. The summed E-state index contributed by atoms with van der Waals surface area (Å²) in [6, 6.07) is 2.21. The van der Waals surface area contributed by atoms with Crippen LogP contribution in [0.25, 0.3) is 10.2 Å². The number of hydrogen-bond acceptors (Lipinski definition) is 5. The van der Waals surface area contributed by atoms with Crippen molar-refractivity contribution in [2.24, 2.45) is 0 Å². The molecule has 0 spiro atoms. The van der Waals surface area contributed by atoms with E-state index in [-0.39, 0.29) is 6.10 Å². The summed E-state index contributed by atoms with van der Waals surface area (Å²) in [5, 5.41) is 4.50. The quantitative estimate of drug-likeness (QED) is 0.928. The Morgan fingerprint density at radius 1 is 1.42 bits per heavy atom. The van der Waals surface area contributed by atoms with Crippen molar-refractivity contribution in [1.29, 1.82) is 0 Å². The second-order valence-electron chi connectivity index (χ2n) is 4.75.